The highest BCUT2D eigenvalue weighted by Gasteiger charge is 2.25. The molecular formula is C18H16O5. The van der Waals surface area contributed by atoms with Crippen LogP contribution in [-0.2, 0) is 20.6 Å². The van der Waals surface area contributed by atoms with Gasteiger partial charge in [-0.2, -0.15) is 0 Å². The van der Waals surface area contributed by atoms with Gasteiger partial charge < -0.3 is 18.9 Å². The molecule has 23 heavy (non-hydrogen) atoms. The van der Waals surface area contributed by atoms with Gasteiger partial charge in [-0.1, -0.05) is 24.3 Å². The van der Waals surface area contributed by atoms with Crippen LogP contribution in [-0.4, -0.2) is 32.1 Å². The van der Waals surface area contributed by atoms with Gasteiger partial charge in [0.25, 0.3) is 0 Å². The molecule has 118 valence electrons. The third kappa shape index (κ3) is 2.81. The minimum atomic E-state index is -0.371. The van der Waals surface area contributed by atoms with E-state index in [-0.39, 0.29) is 18.9 Å². The molecule has 4 rings (SSSR count). The Hall–Kier alpha value is -2.37. The summed E-state index contributed by atoms with van der Waals surface area (Å²) < 4.78 is 21.7. The SMILES string of the molecule is O=C(OC1COCOC1)c1cccc2c1Cc1ccccc1O2. The van der Waals surface area contributed by atoms with Gasteiger partial charge in [0.1, 0.15) is 24.4 Å². The molecule has 0 radical (unpaired) electrons. The van der Waals surface area contributed by atoms with Gasteiger partial charge in [0.15, 0.2) is 0 Å². The third-order valence-electron chi connectivity index (χ3n) is 3.96. The van der Waals surface area contributed by atoms with Crippen molar-refractivity contribution in [1.82, 2.24) is 0 Å². The van der Waals surface area contributed by atoms with Gasteiger partial charge in [-0.15, -0.1) is 0 Å². The molecule has 2 aromatic rings. The van der Waals surface area contributed by atoms with Gasteiger partial charge in [0.05, 0.1) is 18.8 Å². The molecule has 0 bridgehead atoms. The summed E-state index contributed by atoms with van der Waals surface area (Å²) in [6.07, 6.45) is 0.276. The first-order valence-electron chi connectivity index (χ1n) is 7.55. The molecule has 2 heterocycles. The fraction of sp³-hybridized carbons (Fsp3) is 0.278. The van der Waals surface area contributed by atoms with E-state index in [0.29, 0.717) is 30.9 Å². The molecule has 1 saturated heterocycles. The van der Waals surface area contributed by atoms with Crippen LogP contribution >= 0.6 is 0 Å². The summed E-state index contributed by atoms with van der Waals surface area (Å²) in [6, 6.07) is 13.3. The van der Waals surface area contributed by atoms with Crippen LogP contribution in [0.1, 0.15) is 21.5 Å². The van der Waals surface area contributed by atoms with E-state index in [0.717, 1.165) is 16.9 Å². The number of carbonyl (C=O) groups excluding carboxylic acids is 1. The number of fused-ring (bicyclic) bond motifs is 2. The molecule has 2 aromatic carbocycles. The van der Waals surface area contributed by atoms with Crippen LogP contribution in [0.2, 0.25) is 0 Å². The van der Waals surface area contributed by atoms with Crippen molar-refractivity contribution in [2.24, 2.45) is 0 Å². The van der Waals surface area contributed by atoms with Crippen molar-refractivity contribution in [3.63, 3.8) is 0 Å². The maximum absolute atomic E-state index is 12.5. The lowest BCUT2D eigenvalue weighted by Gasteiger charge is -2.25. The van der Waals surface area contributed by atoms with Gasteiger partial charge in [0, 0.05) is 12.0 Å². The smallest absolute Gasteiger partial charge is 0.339 e. The second kappa shape index (κ2) is 6.02. The summed E-state index contributed by atoms with van der Waals surface area (Å²) in [4.78, 5) is 12.5. The zero-order valence-corrected chi connectivity index (χ0v) is 12.5. The zero-order chi connectivity index (χ0) is 15.6. The summed E-state index contributed by atoms with van der Waals surface area (Å²) in [7, 11) is 0. The molecule has 0 atom stereocenters. The molecule has 5 heteroatoms. The fourth-order valence-electron chi connectivity index (χ4n) is 2.84. The Balaban J connectivity index is 1.60. The molecule has 0 spiro atoms. The number of esters is 1. The minimum Gasteiger partial charge on any atom is -0.457 e. The van der Waals surface area contributed by atoms with Gasteiger partial charge >= 0.3 is 5.97 Å². The minimum absolute atomic E-state index is 0.249. The Bertz CT molecular complexity index is 734. The molecule has 0 amide bonds. The molecule has 0 aromatic heterocycles. The van der Waals surface area contributed by atoms with Crippen molar-refractivity contribution in [2.75, 3.05) is 20.0 Å². The van der Waals surface area contributed by atoms with E-state index in [4.69, 9.17) is 18.9 Å². The second-order valence-electron chi connectivity index (χ2n) is 5.56. The monoisotopic (exact) mass is 312 g/mol. The molecule has 2 aliphatic rings. The van der Waals surface area contributed by atoms with Crippen molar-refractivity contribution in [3.05, 3.63) is 59.2 Å². The molecule has 1 fully saturated rings. The molecule has 5 nitrogen and oxygen atoms in total. The predicted molar refractivity (Wildman–Crippen MR) is 81.7 cm³/mol. The summed E-state index contributed by atoms with van der Waals surface area (Å²) in [5, 5.41) is 0. The number of rotatable bonds is 2. The Morgan fingerprint density at radius 3 is 2.65 bits per heavy atom. The van der Waals surface area contributed by atoms with E-state index < -0.39 is 0 Å². The van der Waals surface area contributed by atoms with E-state index >= 15 is 0 Å². The van der Waals surface area contributed by atoms with E-state index in [1.165, 1.54) is 0 Å². The highest BCUT2D eigenvalue weighted by Crippen LogP contribution is 2.38. The van der Waals surface area contributed by atoms with Crippen LogP contribution in [0.15, 0.2) is 42.5 Å². The first-order chi connectivity index (χ1) is 11.3. The van der Waals surface area contributed by atoms with E-state index in [1.807, 2.05) is 30.3 Å². The lowest BCUT2D eigenvalue weighted by atomic mass is 9.96. The van der Waals surface area contributed by atoms with E-state index in [9.17, 15) is 4.79 Å². The van der Waals surface area contributed by atoms with Crippen LogP contribution in [0.3, 0.4) is 0 Å². The largest absolute Gasteiger partial charge is 0.457 e. The number of para-hydroxylation sites is 1. The molecule has 0 aliphatic carbocycles. The van der Waals surface area contributed by atoms with Crippen molar-refractivity contribution in [3.8, 4) is 11.5 Å². The summed E-state index contributed by atoms with van der Waals surface area (Å²) in [5.41, 5.74) is 2.45. The number of carbonyl (C=O) groups is 1. The zero-order valence-electron chi connectivity index (χ0n) is 12.5. The molecule has 0 unspecified atom stereocenters. The standard InChI is InChI=1S/C18H16O5/c19-18(22-13-9-20-11-21-10-13)14-5-3-7-17-15(14)8-12-4-1-2-6-16(12)23-17/h1-7,13H,8-11H2. The number of ether oxygens (including phenoxy) is 4. The average molecular weight is 312 g/mol. The number of benzene rings is 2. The maximum atomic E-state index is 12.5. The van der Waals surface area contributed by atoms with E-state index in [2.05, 4.69) is 0 Å². The van der Waals surface area contributed by atoms with Crippen molar-refractivity contribution >= 4 is 5.97 Å². The van der Waals surface area contributed by atoms with Crippen LogP contribution in [0.5, 0.6) is 11.5 Å². The lowest BCUT2D eigenvalue weighted by Crippen LogP contribution is -2.33. The molecule has 0 saturated carbocycles. The van der Waals surface area contributed by atoms with Crippen molar-refractivity contribution < 1.29 is 23.7 Å². The van der Waals surface area contributed by atoms with Crippen LogP contribution < -0.4 is 4.74 Å². The van der Waals surface area contributed by atoms with Crippen molar-refractivity contribution in [1.29, 1.82) is 0 Å². The topological polar surface area (TPSA) is 54.0 Å². The molecular weight excluding hydrogens is 296 g/mol. The molecule has 0 N–H and O–H groups in total. The Kier molecular flexibility index (Phi) is 3.73. The van der Waals surface area contributed by atoms with E-state index in [1.54, 1.807) is 12.1 Å². The first-order valence-corrected chi connectivity index (χ1v) is 7.55. The first kappa shape index (κ1) is 14.2. The Labute approximate surface area is 133 Å². The van der Waals surface area contributed by atoms with Gasteiger partial charge in [-0.3, -0.25) is 0 Å². The average Bonchev–Trinajstić information content (AvgIpc) is 2.60. The van der Waals surface area contributed by atoms with Gasteiger partial charge in [-0.05, 0) is 23.8 Å². The van der Waals surface area contributed by atoms with Gasteiger partial charge in [0.2, 0.25) is 0 Å². The quantitative estimate of drug-likeness (QED) is 0.681. The highest BCUT2D eigenvalue weighted by atomic mass is 16.7. The molecule has 2 aliphatic heterocycles. The van der Waals surface area contributed by atoms with Crippen LogP contribution in [0.4, 0.5) is 0 Å². The predicted octanol–water partition coefficient (Wildman–Crippen LogP) is 2.91. The van der Waals surface area contributed by atoms with Crippen molar-refractivity contribution in [2.45, 2.75) is 12.5 Å². The lowest BCUT2D eigenvalue weighted by molar-refractivity contribution is -0.153. The van der Waals surface area contributed by atoms with Crippen LogP contribution in [0, 0.1) is 0 Å². The van der Waals surface area contributed by atoms with Gasteiger partial charge in [-0.25, -0.2) is 4.79 Å². The number of hydrogen-bond acceptors (Lipinski definition) is 5. The normalized spacial score (nSPS) is 16.9. The summed E-state index contributed by atoms with van der Waals surface area (Å²) >= 11 is 0. The Morgan fingerprint density at radius 2 is 1.78 bits per heavy atom. The Morgan fingerprint density at radius 1 is 1.00 bits per heavy atom. The maximum Gasteiger partial charge on any atom is 0.339 e. The fourth-order valence-corrected chi connectivity index (χ4v) is 2.84. The summed E-state index contributed by atoms with van der Waals surface area (Å²) in [5.74, 6) is 1.16. The van der Waals surface area contributed by atoms with Crippen LogP contribution in [0.25, 0.3) is 0 Å². The number of hydrogen-bond donors (Lipinski definition) is 0. The summed E-state index contributed by atoms with van der Waals surface area (Å²) in [6.45, 7) is 0.972. The highest BCUT2D eigenvalue weighted by molar-refractivity contribution is 5.92. The third-order valence-corrected chi connectivity index (χ3v) is 3.96. The second-order valence-corrected chi connectivity index (χ2v) is 5.56.